The maximum absolute atomic E-state index is 9.33. The summed E-state index contributed by atoms with van der Waals surface area (Å²) in [6.45, 7) is 65.7. The molecular weight excluding hydrogens is 1100 g/mol. The van der Waals surface area contributed by atoms with Gasteiger partial charge in [0.05, 0.1) is 36.6 Å². The lowest BCUT2D eigenvalue weighted by atomic mass is 9.86. The standard InChI is InChI=1S/C15H30N2O.C14H28N2O.C12H23NO.C8H17NO.C7H15NO.2C3H8.C3H6.5C2H6.2CH4/c1-4-7-17-8-5-13(6-9-17)12-16(2)14-10-15(11-14)18-3;1-3-6-16-7-4-12(5-8-16)11-15(2)13-9-14(17)10-13;1-2-13-9-12(10-13)14-11-7-5-3-4-6-8-11;1-3-9-6-4-8(10-2)5-7-9;1-2-8-5-3-7(9)4-6-8;3*1-3-2;5*1-2;;/h13-15H,4-12H2,1-3H3;12-14,17H,3-11H2,1-2H3;11-12H,2-10H2,1H3;8H,3-7H2,1-2H3;7,9H,2-6H2,1H3;2*3H2,1-2H3;3H,1H2,2H3;5*1-2H3;2*1H4. The first-order valence-corrected chi connectivity index (χ1v) is 37.9. The molecule has 546 valence electrons. The van der Waals surface area contributed by atoms with Gasteiger partial charge in [0.1, 0.15) is 0 Å². The summed E-state index contributed by atoms with van der Waals surface area (Å²) < 4.78 is 16.7. The highest BCUT2D eigenvalue weighted by Crippen LogP contribution is 2.30. The molecule has 5 heterocycles. The van der Waals surface area contributed by atoms with E-state index in [4.69, 9.17) is 19.3 Å². The van der Waals surface area contributed by atoms with Gasteiger partial charge in [0.2, 0.25) is 0 Å². The molecule has 12 heteroatoms. The third-order valence-corrected chi connectivity index (χ3v) is 17.2. The van der Waals surface area contributed by atoms with Gasteiger partial charge < -0.3 is 53.8 Å². The third kappa shape index (κ3) is 54.1. The van der Waals surface area contributed by atoms with Crippen molar-refractivity contribution >= 4 is 0 Å². The van der Waals surface area contributed by atoms with Crippen molar-refractivity contribution in [2.45, 2.75) is 343 Å². The van der Waals surface area contributed by atoms with Crippen LogP contribution in [0.3, 0.4) is 0 Å². The van der Waals surface area contributed by atoms with Crippen LogP contribution < -0.4 is 0 Å². The molecule has 2 N–H and O–H groups in total. The Morgan fingerprint density at radius 3 is 1.03 bits per heavy atom. The van der Waals surface area contributed by atoms with Gasteiger partial charge in [0.25, 0.3) is 0 Å². The zero-order chi connectivity index (χ0) is 67.2. The monoisotopic (exact) mass is 1280 g/mol. The zero-order valence-electron chi connectivity index (χ0n) is 63.9. The molecule has 0 aromatic rings. The van der Waals surface area contributed by atoms with Crippen molar-refractivity contribution in [1.29, 1.82) is 0 Å². The maximum atomic E-state index is 9.33. The van der Waals surface area contributed by atoms with E-state index in [0.29, 0.717) is 30.5 Å². The molecule has 0 aromatic heterocycles. The minimum atomic E-state index is -0.0206. The summed E-state index contributed by atoms with van der Waals surface area (Å²) in [5, 5.41) is 18.4. The fraction of sp³-hybridized carbons (Fsp3) is 0.974. The summed E-state index contributed by atoms with van der Waals surface area (Å²) in [6, 6.07) is 1.43. The molecular formula is C77H173N7O5. The number of hydrogen-bond acceptors (Lipinski definition) is 12. The predicted molar refractivity (Wildman–Crippen MR) is 403 cm³/mol. The Hall–Kier alpha value is -0.740. The lowest BCUT2D eigenvalue weighted by Crippen LogP contribution is -2.52. The van der Waals surface area contributed by atoms with Crippen molar-refractivity contribution in [2.24, 2.45) is 11.8 Å². The molecule has 8 fully saturated rings. The van der Waals surface area contributed by atoms with E-state index in [1.165, 1.54) is 207 Å². The SMILES string of the molecule is C.C.C=CC.CC.CC.CC.CC.CC.CCC.CCC.CCCN1CCC(CN(C)C2CC(O)C2)CC1.CCCN1CCC(CN(C)C2CC(OC)C2)CC1.CCN1CC(OC2CCCCCC2)C1.CCN1CCC(O)CC1.CCN1CCC(OC)CC1. The minimum absolute atomic E-state index is 0. The average molecular weight is 1280 g/mol. The number of rotatable bonds is 17. The van der Waals surface area contributed by atoms with Gasteiger partial charge in [0.15, 0.2) is 0 Å². The van der Waals surface area contributed by atoms with Crippen LogP contribution >= 0.6 is 0 Å². The largest absolute Gasteiger partial charge is 0.393 e. The van der Waals surface area contributed by atoms with E-state index in [-0.39, 0.29) is 27.1 Å². The molecule has 0 aromatic carbocycles. The molecule has 0 spiro atoms. The van der Waals surface area contributed by atoms with Crippen LogP contribution in [0.2, 0.25) is 0 Å². The van der Waals surface area contributed by atoms with Gasteiger partial charge in [-0.05, 0) is 194 Å². The van der Waals surface area contributed by atoms with Crippen molar-refractivity contribution in [3.05, 3.63) is 12.7 Å². The molecule has 0 atom stereocenters. The minimum Gasteiger partial charge on any atom is -0.393 e. The van der Waals surface area contributed by atoms with Crippen LogP contribution in [0.25, 0.3) is 0 Å². The number of likely N-dealkylation sites (N-methyl/N-ethyl adjacent to an activating group) is 1. The Balaban J connectivity index is -0.000000178. The number of aliphatic hydroxyl groups is 2. The highest BCUT2D eigenvalue weighted by atomic mass is 16.5. The smallest absolute Gasteiger partial charge is 0.0832 e. The summed E-state index contributed by atoms with van der Waals surface area (Å²) in [5.74, 6) is 1.80. The van der Waals surface area contributed by atoms with Gasteiger partial charge in [-0.2, -0.15) is 0 Å². The van der Waals surface area contributed by atoms with E-state index in [0.717, 1.165) is 63.2 Å². The van der Waals surface area contributed by atoms with E-state index in [1.54, 1.807) is 6.08 Å². The van der Waals surface area contributed by atoms with E-state index >= 15 is 0 Å². The number of piperidine rings is 4. The van der Waals surface area contributed by atoms with Crippen LogP contribution in [0.1, 0.15) is 295 Å². The summed E-state index contributed by atoms with van der Waals surface area (Å²) in [4.78, 5) is 17.6. The lowest BCUT2D eigenvalue weighted by molar-refractivity contribution is -0.0940. The Kier molecular flexibility index (Phi) is 85.4. The second-order valence-corrected chi connectivity index (χ2v) is 24.3. The van der Waals surface area contributed by atoms with Crippen LogP contribution in [-0.4, -0.2) is 233 Å². The molecule has 0 amide bonds. The first-order chi connectivity index (χ1) is 42.2. The van der Waals surface area contributed by atoms with E-state index < -0.39 is 0 Å². The third-order valence-electron chi connectivity index (χ3n) is 17.2. The highest BCUT2D eigenvalue weighted by molar-refractivity contribution is 4.89. The second-order valence-electron chi connectivity index (χ2n) is 24.3. The molecule has 0 unspecified atom stereocenters. The Bertz CT molecular complexity index is 1250. The first-order valence-electron chi connectivity index (χ1n) is 37.9. The van der Waals surface area contributed by atoms with Crippen molar-refractivity contribution in [3.63, 3.8) is 0 Å². The van der Waals surface area contributed by atoms with Crippen molar-refractivity contribution in [2.75, 3.05) is 140 Å². The van der Waals surface area contributed by atoms with E-state index in [9.17, 15) is 5.11 Å². The number of likely N-dealkylation sites (tertiary alicyclic amines) is 5. The molecule has 12 nitrogen and oxygen atoms in total. The summed E-state index contributed by atoms with van der Waals surface area (Å²) >= 11 is 0. The fourth-order valence-corrected chi connectivity index (χ4v) is 11.8. The molecule has 3 saturated carbocycles. The lowest BCUT2D eigenvalue weighted by Gasteiger charge is -2.42. The van der Waals surface area contributed by atoms with Crippen LogP contribution in [0.4, 0.5) is 0 Å². The van der Waals surface area contributed by atoms with Gasteiger partial charge in [-0.3, -0.25) is 4.90 Å². The van der Waals surface area contributed by atoms with Crippen LogP contribution in [0, 0.1) is 11.8 Å². The molecule has 8 rings (SSSR count). The van der Waals surface area contributed by atoms with Crippen LogP contribution in [0.15, 0.2) is 12.7 Å². The van der Waals surface area contributed by atoms with Gasteiger partial charge in [-0.25, -0.2) is 0 Å². The van der Waals surface area contributed by atoms with Crippen molar-refractivity contribution < 1.29 is 24.4 Å². The van der Waals surface area contributed by atoms with E-state index in [1.807, 2.05) is 90.4 Å². The maximum Gasteiger partial charge on any atom is 0.0832 e. The Morgan fingerprint density at radius 1 is 0.416 bits per heavy atom. The second kappa shape index (κ2) is 74.7. The van der Waals surface area contributed by atoms with Crippen molar-refractivity contribution in [1.82, 2.24) is 34.3 Å². The predicted octanol–water partition coefficient (Wildman–Crippen LogP) is 18.2. The van der Waals surface area contributed by atoms with Crippen LogP contribution in [-0.2, 0) is 14.2 Å². The Morgan fingerprint density at radius 2 is 0.730 bits per heavy atom. The van der Waals surface area contributed by atoms with Gasteiger partial charge in [-0.15, -0.1) is 6.58 Å². The highest BCUT2D eigenvalue weighted by Gasteiger charge is 2.34. The van der Waals surface area contributed by atoms with Gasteiger partial charge in [-0.1, -0.05) is 191 Å². The molecule has 8 aliphatic rings. The normalized spacial score (nSPS) is 22.6. The molecule has 5 saturated heterocycles. The summed E-state index contributed by atoms with van der Waals surface area (Å²) in [6.07, 6.45) is 31.5. The summed E-state index contributed by atoms with van der Waals surface area (Å²) in [5.41, 5.74) is 0. The topological polar surface area (TPSA) is 90.8 Å². The average Bonchev–Trinajstić information content (AvgIpc) is 3.32. The number of methoxy groups -OCH3 is 2. The number of aliphatic hydroxyl groups excluding tert-OH is 2. The first kappa shape index (κ1) is 102. The molecule has 89 heavy (non-hydrogen) atoms. The molecule has 3 aliphatic carbocycles. The Labute approximate surface area is 563 Å². The number of hydrogen-bond donors (Lipinski definition) is 2. The van der Waals surface area contributed by atoms with Crippen molar-refractivity contribution in [3.8, 4) is 0 Å². The molecule has 5 aliphatic heterocycles. The number of nitrogens with zero attached hydrogens (tertiary/aromatic N) is 7. The van der Waals surface area contributed by atoms with Crippen LogP contribution in [0.5, 0.6) is 0 Å². The van der Waals surface area contributed by atoms with Gasteiger partial charge in [0, 0.05) is 78.7 Å². The zero-order valence-corrected chi connectivity index (χ0v) is 63.9. The quantitative estimate of drug-likeness (QED) is 0.107. The van der Waals surface area contributed by atoms with E-state index in [2.05, 4.69) is 117 Å². The number of allylic oxidation sites excluding steroid dienone is 1. The fourth-order valence-electron chi connectivity index (χ4n) is 11.8. The number of ether oxygens (including phenoxy) is 3. The molecule has 0 bridgehead atoms. The van der Waals surface area contributed by atoms with Gasteiger partial charge >= 0.3 is 0 Å². The summed E-state index contributed by atoms with van der Waals surface area (Å²) in [7, 11) is 8.18. The molecule has 0 radical (unpaired) electrons.